The van der Waals surface area contributed by atoms with Crippen LogP contribution in [0.25, 0.3) is 0 Å². The zero-order chi connectivity index (χ0) is 5.21. The standard InChI is InChI=1S/C4H11N/c1-4(2,3)5/h5H2,1-3H3/i/hT. The highest BCUT2D eigenvalue weighted by molar-refractivity contribution is 4.60. The highest BCUT2D eigenvalue weighted by atomic mass is 14.7. The van der Waals surface area contributed by atoms with Crippen molar-refractivity contribution in [3.63, 3.8) is 0 Å². The lowest BCUT2D eigenvalue weighted by Gasteiger charge is -2.06. The van der Waals surface area contributed by atoms with Gasteiger partial charge in [-0.1, -0.05) is 0 Å². The molecule has 1 heteroatoms. The summed E-state index contributed by atoms with van der Waals surface area (Å²) < 4.78 is 6.60. The first-order valence-corrected chi connectivity index (χ1v) is 1.75. The molecule has 0 aliphatic carbocycles. The summed E-state index contributed by atoms with van der Waals surface area (Å²) in [5.74, 6) is 0. The Morgan fingerprint density at radius 3 is 1.80 bits per heavy atom. The smallest absolute Gasteiger partial charge is 0.119 e. The molecule has 0 atom stereocenters. The molecule has 1 nitrogen and oxygen atoms in total. The predicted molar refractivity (Wildman–Crippen MR) is 23.9 cm³/mol. The van der Waals surface area contributed by atoms with Gasteiger partial charge in [0.15, 0.2) is 0 Å². The molecule has 0 aromatic carbocycles. The van der Waals surface area contributed by atoms with Crippen LogP contribution in [-0.4, -0.2) is 5.54 Å². The average molecular weight is 75.1 g/mol. The Hall–Kier alpha value is -0.0400. The van der Waals surface area contributed by atoms with Gasteiger partial charge in [0.25, 0.3) is 0 Å². The number of hydrogen-bond donors (Lipinski definition) is 1. The van der Waals surface area contributed by atoms with Gasteiger partial charge in [-0.25, -0.2) is 0 Å². The first-order chi connectivity index (χ1) is 2.56. The van der Waals surface area contributed by atoms with Crippen LogP contribution in [-0.2, 0) is 0 Å². The minimum absolute atomic E-state index is 0.0417. The molecule has 0 aromatic heterocycles. The van der Waals surface area contributed by atoms with Gasteiger partial charge < -0.3 is 5.73 Å². The van der Waals surface area contributed by atoms with Crippen LogP contribution in [0.15, 0.2) is 0 Å². The Morgan fingerprint density at radius 1 is 1.60 bits per heavy atom. The second kappa shape index (κ2) is 0.977. The predicted octanol–water partition coefficient (Wildman–Crippen LogP) is 0.744. The van der Waals surface area contributed by atoms with Crippen LogP contribution < -0.4 is 5.73 Å². The zero-order valence-corrected chi connectivity index (χ0v) is 4.00. The Morgan fingerprint density at radius 2 is 1.80 bits per heavy atom. The van der Waals surface area contributed by atoms with E-state index in [2.05, 4.69) is 5.73 Å². The van der Waals surface area contributed by atoms with Crippen molar-refractivity contribution in [2.45, 2.75) is 26.3 Å². The van der Waals surface area contributed by atoms with Gasteiger partial charge in [-0.3, -0.25) is 0 Å². The Labute approximate surface area is 34.6 Å². The van der Waals surface area contributed by atoms with Gasteiger partial charge in [0.05, 0.1) is 0 Å². The molecule has 0 saturated heterocycles. The third kappa shape index (κ3) is 9510. The fourth-order valence-corrected chi connectivity index (χ4v) is 0. The molecule has 0 saturated carbocycles. The van der Waals surface area contributed by atoms with E-state index in [-0.39, 0.29) is 5.54 Å². The monoisotopic (exact) mass is 75.1 g/mol. The van der Waals surface area contributed by atoms with Crippen LogP contribution in [0, 0.1) is 0 Å². The minimum Gasteiger partial charge on any atom is -0.326 e. The van der Waals surface area contributed by atoms with E-state index in [1.807, 2.05) is 20.8 Å². The third-order valence-electron chi connectivity index (χ3n) is 0. The van der Waals surface area contributed by atoms with Crippen molar-refractivity contribution in [3.05, 3.63) is 0 Å². The van der Waals surface area contributed by atoms with Gasteiger partial charge in [-0.05, 0) is 20.8 Å². The van der Waals surface area contributed by atoms with Crippen LogP contribution >= 0.6 is 0 Å². The first kappa shape index (κ1) is 3.16. The summed E-state index contributed by atoms with van der Waals surface area (Å²) in [5.41, 5.74) is 2.31. The van der Waals surface area contributed by atoms with E-state index in [0.29, 0.717) is 0 Å². The van der Waals surface area contributed by atoms with E-state index >= 15 is 0 Å². The molecule has 0 unspecified atom stereocenters. The zero-order valence-electron chi connectivity index (χ0n) is 5.00. The minimum atomic E-state index is -0.0417. The van der Waals surface area contributed by atoms with E-state index < -0.39 is 0 Å². The molecule has 0 heterocycles. The van der Waals surface area contributed by atoms with Crippen LogP contribution in [0.5, 0.6) is 0 Å². The molecule has 0 aliphatic rings. The normalized spacial score (nSPS) is 14.6. The number of nitrogens with two attached hydrogens (primary N) is 1. The summed E-state index contributed by atoms with van der Waals surface area (Å²) in [5, 5.41) is 0. The van der Waals surface area contributed by atoms with Crippen LogP contribution in [0.4, 0.5) is 0 Å². The molecule has 0 spiro atoms. The molecule has 0 bridgehead atoms. The van der Waals surface area contributed by atoms with Crippen LogP contribution in [0.2, 0.25) is 1.41 Å². The number of hydrogen-bond acceptors (Lipinski definition) is 1. The molecule has 0 aromatic rings. The van der Waals surface area contributed by atoms with Gasteiger partial charge in [-0.2, -0.15) is 0 Å². The Balaban J connectivity index is 3.17. The quantitative estimate of drug-likeness (QED) is 0.451. The third-order valence-corrected chi connectivity index (χ3v) is 0. The maximum absolute atomic E-state index is 6.60. The van der Waals surface area contributed by atoms with Crippen molar-refractivity contribution in [1.82, 2.24) is 0 Å². The van der Waals surface area contributed by atoms with Crippen LogP contribution in [0.1, 0.15) is 20.8 Å². The fourth-order valence-electron chi connectivity index (χ4n) is 0. The van der Waals surface area contributed by atoms with E-state index in [4.69, 9.17) is 1.41 Å². The van der Waals surface area contributed by atoms with Crippen molar-refractivity contribution in [2.75, 3.05) is 0 Å². The molecule has 0 amide bonds. The molecule has 0 rings (SSSR count). The highest BCUT2D eigenvalue weighted by Crippen LogP contribution is 1.88. The fraction of sp³-hybridized carbons (Fsp3) is 1.00. The molecule has 2 N–H and O–H groups in total. The van der Waals surface area contributed by atoms with Gasteiger partial charge in [0.1, 0.15) is 1.41 Å². The Bertz CT molecular complexity index is 37.3. The van der Waals surface area contributed by atoms with E-state index in [1.165, 1.54) is 0 Å². The highest BCUT2D eigenvalue weighted by Gasteiger charge is 1.95. The molecule has 5 heavy (non-hydrogen) atoms. The molecule has 0 radical (unpaired) electrons. The summed E-state index contributed by atoms with van der Waals surface area (Å²) in [6.45, 7) is 5.83. The summed E-state index contributed by atoms with van der Waals surface area (Å²) in [6.07, 6.45) is 0. The lowest BCUT2D eigenvalue weighted by molar-refractivity contribution is 0.580. The summed E-state index contributed by atoms with van der Waals surface area (Å²) in [7, 11) is 0. The molecule has 32 valence electrons. The van der Waals surface area contributed by atoms with Crippen molar-refractivity contribution < 1.29 is 1.41 Å². The maximum atomic E-state index is 6.60. The van der Waals surface area contributed by atoms with E-state index in [0.717, 1.165) is 0 Å². The lowest BCUT2D eigenvalue weighted by Crippen LogP contribution is -2.26. The Kier molecular flexibility index (Phi) is 0.618. The maximum Gasteiger partial charge on any atom is 0.119 e. The van der Waals surface area contributed by atoms with Crippen molar-refractivity contribution in [2.24, 2.45) is 5.73 Å². The van der Waals surface area contributed by atoms with Gasteiger partial charge in [0.2, 0.25) is 0 Å². The molecule has 0 fully saturated rings. The van der Waals surface area contributed by atoms with Crippen molar-refractivity contribution in [3.8, 4) is 0 Å². The van der Waals surface area contributed by atoms with Crippen molar-refractivity contribution >= 4 is 0 Å². The second-order valence-corrected chi connectivity index (χ2v) is 2.25. The molecular formula is C4H11N. The molecule has 0 aliphatic heterocycles. The van der Waals surface area contributed by atoms with Crippen molar-refractivity contribution in [1.29, 1.82) is 0 Å². The summed E-state index contributed by atoms with van der Waals surface area (Å²) in [6, 6.07) is 0. The summed E-state index contributed by atoms with van der Waals surface area (Å²) in [4.78, 5) is 0. The van der Waals surface area contributed by atoms with Gasteiger partial charge in [-0.15, -0.1) is 0 Å². The van der Waals surface area contributed by atoms with Crippen LogP contribution in [0.3, 0.4) is 0 Å². The summed E-state index contributed by atoms with van der Waals surface area (Å²) >= 11 is 0. The van der Waals surface area contributed by atoms with E-state index in [1.54, 1.807) is 0 Å². The molecular weight excluding hydrogens is 62.1 g/mol. The van der Waals surface area contributed by atoms with Gasteiger partial charge >= 0.3 is 0 Å². The lowest BCUT2D eigenvalue weighted by atomic mass is 10.1. The first-order valence-electron chi connectivity index (χ1n) is 2.25. The largest absolute Gasteiger partial charge is 0.326 e. The SMILES string of the molecule is [3H]NC(C)(C)C. The number of rotatable bonds is 0. The van der Waals surface area contributed by atoms with Gasteiger partial charge in [0, 0.05) is 5.54 Å². The second-order valence-electron chi connectivity index (χ2n) is 2.25. The average Bonchev–Trinajstić information content (AvgIpc) is 1.35. The topological polar surface area (TPSA) is 26.0 Å². The van der Waals surface area contributed by atoms with E-state index in [9.17, 15) is 0 Å².